The molecule has 1 aliphatic rings. The molecule has 0 aromatic heterocycles. The monoisotopic (exact) mass is 413 g/mol. The highest BCUT2D eigenvalue weighted by Gasteiger charge is 2.41. The molecule has 2 aromatic rings. The zero-order valence-corrected chi connectivity index (χ0v) is 15.6. The van der Waals surface area contributed by atoms with Crippen molar-refractivity contribution in [2.75, 3.05) is 25.6 Å². The standard InChI is InChI=1S/C19H15N3O8/c1-29-12-7-5-11(6-8-12)20-15(23)10-30-16(24)9-21-18(25)13-3-2-4-14(22(27)28)17(13)19(21)26/h2-8H,9-10H2,1H3,(H,20,23). The van der Waals surface area contributed by atoms with E-state index in [9.17, 15) is 29.3 Å². The van der Waals surface area contributed by atoms with Crippen molar-refractivity contribution in [2.24, 2.45) is 0 Å². The van der Waals surface area contributed by atoms with Crippen LogP contribution in [0.2, 0.25) is 0 Å². The molecule has 0 saturated carbocycles. The molecule has 1 heterocycles. The van der Waals surface area contributed by atoms with Gasteiger partial charge in [0.05, 0.1) is 17.6 Å². The number of ether oxygens (including phenoxy) is 2. The Bertz CT molecular complexity index is 1050. The van der Waals surface area contributed by atoms with Crippen molar-refractivity contribution in [2.45, 2.75) is 0 Å². The third kappa shape index (κ3) is 4.09. The van der Waals surface area contributed by atoms with Crippen molar-refractivity contribution in [3.05, 3.63) is 63.7 Å². The normalized spacial score (nSPS) is 12.4. The average molecular weight is 413 g/mol. The average Bonchev–Trinajstić information content (AvgIpc) is 2.97. The lowest BCUT2D eigenvalue weighted by Crippen LogP contribution is -2.36. The number of nitro benzene ring substituents is 1. The molecule has 0 atom stereocenters. The number of imide groups is 1. The van der Waals surface area contributed by atoms with Crippen molar-refractivity contribution >= 4 is 35.1 Å². The number of carbonyl (C=O) groups is 4. The molecule has 0 aliphatic carbocycles. The number of methoxy groups -OCH3 is 1. The van der Waals surface area contributed by atoms with E-state index in [-0.39, 0.29) is 11.1 Å². The number of amides is 3. The highest BCUT2D eigenvalue weighted by atomic mass is 16.6. The van der Waals surface area contributed by atoms with Crippen LogP contribution >= 0.6 is 0 Å². The van der Waals surface area contributed by atoms with Gasteiger partial charge in [0.1, 0.15) is 17.9 Å². The van der Waals surface area contributed by atoms with Gasteiger partial charge in [0.25, 0.3) is 23.4 Å². The predicted octanol–water partition coefficient (Wildman–Crippen LogP) is 1.38. The molecule has 0 unspecified atom stereocenters. The molecule has 154 valence electrons. The van der Waals surface area contributed by atoms with Gasteiger partial charge in [0, 0.05) is 11.8 Å². The third-order valence-corrected chi connectivity index (χ3v) is 4.20. The first-order chi connectivity index (χ1) is 14.3. The first kappa shape index (κ1) is 20.5. The fourth-order valence-corrected chi connectivity index (χ4v) is 2.80. The number of nitrogens with one attached hydrogen (secondary N) is 1. The smallest absolute Gasteiger partial charge is 0.326 e. The van der Waals surface area contributed by atoms with Gasteiger partial charge in [0.15, 0.2) is 6.61 Å². The van der Waals surface area contributed by atoms with Crippen molar-refractivity contribution < 1.29 is 33.6 Å². The molecule has 0 spiro atoms. The lowest BCUT2D eigenvalue weighted by Gasteiger charge is -2.13. The highest BCUT2D eigenvalue weighted by Crippen LogP contribution is 2.30. The van der Waals surface area contributed by atoms with E-state index >= 15 is 0 Å². The number of anilines is 1. The van der Waals surface area contributed by atoms with Crippen molar-refractivity contribution in [3.8, 4) is 5.75 Å². The summed E-state index contributed by atoms with van der Waals surface area (Å²) in [6.45, 7) is -1.42. The van der Waals surface area contributed by atoms with Gasteiger partial charge in [-0.15, -0.1) is 0 Å². The van der Waals surface area contributed by atoms with Crippen LogP contribution < -0.4 is 10.1 Å². The molecule has 0 bridgehead atoms. The molecule has 1 aliphatic heterocycles. The predicted molar refractivity (Wildman–Crippen MR) is 101 cm³/mol. The number of esters is 1. The Morgan fingerprint density at radius 3 is 2.43 bits per heavy atom. The summed E-state index contributed by atoms with van der Waals surface area (Å²) in [6, 6.07) is 10.1. The molecular formula is C19H15N3O8. The summed E-state index contributed by atoms with van der Waals surface area (Å²) in [7, 11) is 1.50. The van der Waals surface area contributed by atoms with E-state index in [2.05, 4.69) is 5.32 Å². The minimum absolute atomic E-state index is 0.167. The quantitative estimate of drug-likeness (QED) is 0.310. The van der Waals surface area contributed by atoms with Gasteiger partial charge < -0.3 is 14.8 Å². The Kier molecular flexibility index (Phi) is 5.72. The number of rotatable bonds is 7. The summed E-state index contributed by atoms with van der Waals surface area (Å²) in [5.74, 6) is -2.87. The maximum absolute atomic E-state index is 12.4. The largest absolute Gasteiger partial charge is 0.497 e. The summed E-state index contributed by atoms with van der Waals surface area (Å²) in [6.07, 6.45) is 0. The van der Waals surface area contributed by atoms with Crippen LogP contribution in [-0.4, -0.2) is 53.8 Å². The topological polar surface area (TPSA) is 145 Å². The zero-order valence-electron chi connectivity index (χ0n) is 15.6. The maximum atomic E-state index is 12.4. The van der Waals surface area contributed by atoms with Gasteiger partial charge in [-0.25, -0.2) is 0 Å². The molecule has 1 N–H and O–H groups in total. The lowest BCUT2D eigenvalue weighted by atomic mass is 10.1. The second kappa shape index (κ2) is 8.39. The second-order valence-corrected chi connectivity index (χ2v) is 6.09. The van der Waals surface area contributed by atoms with E-state index in [1.54, 1.807) is 24.3 Å². The Morgan fingerprint density at radius 1 is 1.10 bits per heavy atom. The van der Waals surface area contributed by atoms with Crippen molar-refractivity contribution in [3.63, 3.8) is 0 Å². The molecule has 0 radical (unpaired) electrons. The van der Waals surface area contributed by atoms with E-state index in [1.165, 1.54) is 19.2 Å². The fourth-order valence-electron chi connectivity index (χ4n) is 2.80. The summed E-state index contributed by atoms with van der Waals surface area (Å²) >= 11 is 0. The molecule has 11 heteroatoms. The third-order valence-electron chi connectivity index (χ3n) is 4.20. The van der Waals surface area contributed by atoms with Crippen LogP contribution in [0.15, 0.2) is 42.5 Å². The van der Waals surface area contributed by atoms with Gasteiger partial charge in [-0.3, -0.25) is 34.2 Å². The van der Waals surface area contributed by atoms with Crippen LogP contribution in [0.3, 0.4) is 0 Å². The van der Waals surface area contributed by atoms with Gasteiger partial charge in [-0.1, -0.05) is 6.07 Å². The SMILES string of the molecule is COc1ccc(NC(=O)COC(=O)CN2C(=O)c3cccc([N+](=O)[O-])c3C2=O)cc1. The van der Waals surface area contributed by atoms with Crippen molar-refractivity contribution in [1.82, 2.24) is 4.90 Å². The van der Waals surface area contributed by atoms with Gasteiger partial charge in [-0.2, -0.15) is 0 Å². The van der Waals surface area contributed by atoms with Crippen LogP contribution in [0.5, 0.6) is 5.75 Å². The maximum Gasteiger partial charge on any atom is 0.326 e. The number of fused-ring (bicyclic) bond motifs is 1. The van der Waals surface area contributed by atoms with E-state index in [1.807, 2.05) is 0 Å². The summed E-state index contributed by atoms with van der Waals surface area (Å²) in [5, 5.41) is 13.6. The van der Waals surface area contributed by atoms with Gasteiger partial charge in [0.2, 0.25) is 0 Å². The van der Waals surface area contributed by atoms with E-state index in [0.717, 1.165) is 6.07 Å². The Balaban J connectivity index is 1.58. The van der Waals surface area contributed by atoms with Gasteiger partial charge >= 0.3 is 5.97 Å². The van der Waals surface area contributed by atoms with Crippen molar-refractivity contribution in [1.29, 1.82) is 0 Å². The highest BCUT2D eigenvalue weighted by molar-refractivity contribution is 6.24. The van der Waals surface area contributed by atoms with Crippen LogP contribution in [0.1, 0.15) is 20.7 Å². The molecular weight excluding hydrogens is 398 g/mol. The van der Waals surface area contributed by atoms with E-state index < -0.39 is 47.5 Å². The van der Waals surface area contributed by atoms with Gasteiger partial charge in [-0.05, 0) is 30.3 Å². The Hall–Kier alpha value is -4.28. The number of carbonyl (C=O) groups excluding carboxylic acids is 4. The van der Waals surface area contributed by atoms with Crippen LogP contribution in [-0.2, 0) is 14.3 Å². The number of hydrogen-bond acceptors (Lipinski definition) is 8. The van der Waals surface area contributed by atoms with E-state index in [4.69, 9.17) is 9.47 Å². The Labute approximate surface area is 169 Å². The number of benzene rings is 2. The molecule has 3 amide bonds. The number of nitro groups is 1. The lowest BCUT2D eigenvalue weighted by molar-refractivity contribution is -0.385. The first-order valence-corrected chi connectivity index (χ1v) is 8.55. The Morgan fingerprint density at radius 2 is 1.80 bits per heavy atom. The molecule has 3 rings (SSSR count). The van der Waals surface area contributed by atoms with Crippen LogP contribution in [0.4, 0.5) is 11.4 Å². The molecule has 0 saturated heterocycles. The van der Waals surface area contributed by atoms with E-state index in [0.29, 0.717) is 16.3 Å². The molecule has 2 aromatic carbocycles. The summed E-state index contributed by atoms with van der Waals surface area (Å²) in [5.41, 5.74) is -0.623. The minimum atomic E-state index is -1.02. The molecule has 11 nitrogen and oxygen atoms in total. The summed E-state index contributed by atoms with van der Waals surface area (Å²) < 4.78 is 9.80. The minimum Gasteiger partial charge on any atom is -0.497 e. The molecule has 0 fully saturated rings. The summed E-state index contributed by atoms with van der Waals surface area (Å²) in [4.78, 5) is 59.5. The second-order valence-electron chi connectivity index (χ2n) is 6.09. The van der Waals surface area contributed by atoms with Crippen LogP contribution in [0, 0.1) is 10.1 Å². The fraction of sp³-hybridized carbons (Fsp3) is 0.158. The first-order valence-electron chi connectivity index (χ1n) is 8.55. The van der Waals surface area contributed by atoms with Crippen LogP contribution in [0.25, 0.3) is 0 Å². The zero-order chi connectivity index (χ0) is 21.8. The number of nitrogens with zero attached hydrogens (tertiary/aromatic N) is 2. The molecule has 30 heavy (non-hydrogen) atoms. The number of hydrogen-bond donors (Lipinski definition) is 1.